The maximum Gasteiger partial charge on any atom is 0.355 e. The van der Waals surface area contributed by atoms with Gasteiger partial charge in [-0.2, -0.15) is 0 Å². The standard InChI is InChI=1S/C16H17NO2/c1-11(2)10-12-5-7-13(8-6-12)14-4-3-9-17-15(14)16(18)19/h3-9,11H,10H2,1-2H3,(H,18,19). The van der Waals surface area contributed by atoms with E-state index in [4.69, 9.17) is 5.11 Å². The van der Waals surface area contributed by atoms with E-state index in [9.17, 15) is 4.79 Å². The lowest BCUT2D eigenvalue weighted by Gasteiger charge is -2.08. The van der Waals surface area contributed by atoms with Crippen molar-refractivity contribution in [3.05, 3.63) is 53.9 Å². The van der Waals surface area contributed by atoms with Crippen molar-refractivity contribution in [2.24, 2.45) is 5.92 Å². The average Bonchev–Trinajstić information content (AvgIpc) is 2.39. The molecule has 0 bridgehead atoms. The van der Waals surface area contributed by atoms with Gasteiger partial charge in [-0.1, -0.05) is 44.2 Å². The van der Waals surface area contributed by atoms with Crippen molar-refractivity contribution in [2.75, 3.05) is 0 Å². The molecule has 2 rings (SSSR count). The molecule has 1 N–H and O–H groups in total. The third kappa shape index (κ3) is 3.19. The molecule has 0 aliphatic heterocycles. The predicted molar refractivity (Wildman–Crippen MR) is 75.2 cm³/mol. The molecule has 0 aliphatic carbocycles. The highest BCUT2D eigenvalue weighted by Crippen LogP contribution is 2.23. The number of carbonyl (C=O) groups is 1. The van der Waals surface area contributed by atoms with Gasteiger partial charge in [-0.25, -0.2) is 9.78 Å². The third-order valence-electron chi connectivity index (χ3n) is 2.92. The largest absolute Gasteiger partial charge is 0.476 e. The summed E-state index contributed by atoms with van der Waals surface area (Å²) in [6.07, 6.45) is 2.53. The summed E-state index contributed by atoms with van der Waals surface area (Å²) >= 11 is 0. The van der Waals surface area contributed by atoms with E-state index < -0.39 is 5.97 Å². The van der Waals surface area contributed by atoms with Gasteiger partial charge in [-0.3, -0.25) is 0 Å². The Balaban J connectivity index is 2.35. The smallest absolute Gasteiger partial charge is 0.355 e. The maximum atomic E-state index is 11.1. The number of nitrogens with zero attached hydrogens (tertiary/aromatic N) is 1. The Morgan fingerprint density at radius 2 is 1.89 bits per heavy atom. The molecule has 0 radical (unpaired) electrons. The average molecular weight is 255 g/mol. The van der Waals surface area contributed by atoms with Crippen LogP contribution >= 0.6 is 0 Å². The van der Waals surface area contributed by atoms with Crippen LogP contribution in [0.4, 0.5) is 0 Å². The van der Waals surface area contributed by atoms with Gasteiger partial charge in [0.15, 0.2) is 5.69 Å². The molecule has 1 heterocycles. The van der Waals surface area contributed by atoms with E-state index in [-0.39, 0.29) is 5.69 Å². The van der Waals surface area contributed by atoms with E-state index in [1.807, 2.05) is 24.3 Å². The summed E-state index contributed by atoms with van der Waals surface area (Å²) in [5.41, 5.74) is 2.91. The molecule has 0 spiro atoms. The maximum absolute atomic E-state index is 11.1. The molecule has 1 aromatic carbocycles. The number of pyridine rings is 1. The molecule has 1 aromatic heterocycles. The van der Waals surface area contributed by atoms with Crippen LogP contribution < -0.4 is 0 Å². The van der Waals surface area contributed by atoms with Crippen LogP contribution in [-0.2, 0) is 6.42 Å². The van der Waals surface area contributed by atoms with Gasteiger partial charge in [0.25, 0.3) is 0 Å². The lowest BCUT2D eigenvalue weighted by molar-refractivity contribution is 0.0691. The van der Waals surface area contributed by atoms with Gasteiger partial charge in [-0.15, -0.1) is 0 Å². The van der Waals surface area contributed by atoms with Crippen molar-refractivity contribution in [1.29, 1.82) is 0 Å². The lowest BCUT2D eigenvalue weighted by Crippen LogP contribution is -2.02. The summed E-state index contributed by atoms with van der Waals surface area (Å²) in [6.45, 7) is 4.36. The number of rotatable bonds is 4. The van der Waals surface area contributed by atoms with E-state index in [1.165, 1.54) is 11.8 Å². The van der Waals surface area contributed by atoms with Crippen molar-refractivity contribution >= 4 is 5.97 Å². The predicted octanol–water partition coefficient (Wildman–Crippen LogP) is 3.65. The van der Waals surface area contributed by atoms with Crippen LogP contribution in [0.25, 0.3) is 11.1 Å². The summed E-state index contributed by atoms with van der Waals surface area (Å²) < 4.78 is 0. The molecule has 98 valence electrons. The summed E-state index contributed by atoms with van der Waals surface area (Å²) in [5.74, 6) is -0.388. The van der Waals surface area contributed by atoms with E-state index in [2.05, 4.69) is 18.8 Å². The summed E-state index contributed by atoms with van der Waals surface area (Å²) in [6, 6.07) is 11.6. The molecule has 0 amide bonds. The minimum Gasteiger partial charge on any atom is -0.476 e. The SMILES string of the molecule is CC(C)Cc1ccc(-c2cccnc2C(=O)O)cc1. The molecule has 0 unspecified atom stereocenters. The van der Waals surface area contributed by atoms with Gasteiger partial charge in [0.1, 0.15) is 0 Å². The Labute approximate surface area is 112 Å². The molecule has 0 saturated carbocycles. The van der Waals surface area contributed by atoms with E-state index in [1.54, 1.807) is 12.1 Å². The first-order valence-corrected chi connectivity index (χ1v) is 6.35. The molecule has 0 saturated heterocycles. The zero-order valence-electron chi connectivity index (χ0n) is 11.1. The molecule has 0 aliphatic rings. The fourth-order valence-electron chi connectivity index (χ4n) is 2.10. The minimum atomic E-state index is -0.998. The molecular formula is C16H17NO2. The number of carboxylic acid groups (broad SMARTS) is 1. The summed E-state index contributed by atoms with van der Waals surface area (Å²) in [5, 5.41) is 9.14. The number of carboxylic acids is 1. The molecule has 19 heavy (non-hydrogen) atoms. The van der Waals surface area contributed by atoms with Crippen molar-refractivity contribution in [2.45, 2.75) is 20.3 Å². The second-order valence-corrected chi connectivity index (χ2v) is 5.00. The van der Waals surface area contributed by atoms with Crippen molar-refractivity contribution in [3.63, 3.8) is 0 Å². The van der Waals surface area contributed by atoms with Gasteiger partial charge in [0.05, 0.1) is 0 Å². The van der Waals surface area contributed by atoms with Gasteiger partial charge in [0.2, 0.25) is 0 Å². The second-order valence-electron chi connectivity index (χ2n) is 5.00. The van der Waals surface area contributed by atoms with Crippen LogP contribution in [0.1, 0.15) is 29.9 Å². The molecule has 2 aromatic rings. The van der Waals surface area contributed by atoms with Gasteiger partial charge >= 0.3 is 5.97 Å². The number of hydrogen-bond donors (Lipinski definition) is 1. The highest BCUT2D eigenvalue weighted by atomic mass is 16.4. The Morgan fingerprint density at radius 3 is 2.47 bits per heavy atom. The van der Waals surface area contributed by atoms with Crippen LogP contribution in [-0.4, -0.2) is 16.1 Å². The van der Waals surface area contributed by atoms with Crippen LogP contribution in [0.2, 0.25) is 0 Å². The summed E-state index contributed by atoms with van der Waals surface area (Å²) in [7, 11) is 0. The summed E-state index contributed by atoms with van der Waals surface area (Å²) in [4.78, 5) is 15.1. The normalized spacial score (nSPS) is 10.7. The number of aromatic carboxylic acids is 1. The van der Waals surface area contributed by atoms with Gasteiger partial charge < -0.3 is 5.11 Å². The van der Waals surface area contributed by atoms with Crippen molar-refractivity contribution < 1.29 is 9.90 Å². The van der Waals surface area contributed by atoms with Gasteiger partial charge in [-0.05, 0) is 29.5 Å². The number of hydrogen-bond acceptors (Lipinski definition) is 2. The Kier molecular flexibility index (Phi) is 3.95. The van der Waals surface area contributed by atoms with Crippen LogP contribution in [0.5, 0.6) is 0 Å². The molecule has 0 fully saturated rings. The first-order valence-electron chi connectivity index (χ1n) is 6.35. The minimum absolute atomic E-state index is 0.0964. The fraction of sp³-hybridized carbons (Fsp3) is 0.250. The molecule has 3 heteroatoms. The second kappa shape index (κ2) is 5.65. The van der Waals surface area contributed by atoms with Crippen LogP contribution in [0.15, 0.2) is 42.6 Å². The van der Waals surface area contributed by atoms with E-state index in [0.717, 1.165) is 12.0 Å². The Bertz CT molecular complexity index is 574. The number of aromatic nitrogens is 1. The monoisotopic (exact) mass is 255 g/mol. The molecular weight excluding hydrogens is 238 g/mol. The van der Waals surface area contributed by atoms with E-state index in [0.29, 0.717) is 11.5 Å². The Hall–Kier alpha value is -2.16. The van der Waals surface area contributed by atoms with Crippen molar-refractivity contribution in [1.82, 2.24) is 4.98 Å². The number of benzene rings is 1. The zero-order valence-corrected chi connectivity index (χ0v) is 11.1. The zero-order chi connectivity index (χ0) is 13.8. The molecule has 0 atom stereocenters. The quantitative estimate of drug-likeness (QED) is 0.907. The first-order chi connectivity index (χ1) is 9.08. The third-order valence-corrected chi connectivity index (χ3v) is 2.92. The van der Waals surface area contributed by atoms with Gasteiger partial charge in [0, 0.05) is 11.8 Å². The Morgan fingerprint density at radius 1 is 1.21 bits per heavy atom. The topological polar surface area (TPSA) is 50.2 Å². The van der Waals surface area contributed by atoms with Crippen molar-refractivity contribution in [3.8, 4) is 11.1 Å². The molecule has 3 nitrogen and oxygen atoms in total. The highest BCUT2D eigenvalue weighted by molar-refractivity contribution is 5.93. The fourth-order valence-corrected chi connectivity index (χ4v) is 2.10. The highest BCUT2D eigenvalue weighted by Gasteiger charge is 2.12. The van der Waals surface area contributed by atoms with Crippen LogP contribution in [0.3, 0.4) is 0 Å². The van der Waals surface area contributed by atoms with Crippen LogP contribution in [0, 0.1) is 5.92 Å². The van der Waals surface area contributed by atoms with E-state index >= 15 is 0 Å². The lowest BCUT2D eigenvalue weighted by atomic mass is 9.98. The first kappa shape index (κ1) is 13.3.